The molecule has 1 amide bonds. The molecule has 0 saturated carbocycles. The number of amides is 1. The fourth-order valence-corrected chi connectivity index (χ4v) is 4.08. The number of hydrogen-bond donors (Lipinski definition) is 1. The van der Waals surface area contributed by atoms with Gasteiger partial charge in [-0.15, -0.1) is 0 Å². The summed E-state index contributed by atoms with van der Waals surface area (Å²) in [5.41, 5.74) is 0.954. The molecule has 1 fully saturated rings. The number of methoxy groups -OCH3 is 2. The molecule has 3 aromatic rings. The predicted molar refractivity (Wildman–Crippen MR) is 132 cm³/mol. The van der Waals surface area contributed by atoms with Crippen LogP contribution in [0.2, 0.25) is 0 Å². The molecule has 1 unspecified atom stereocenters. The van der Waals surface area contributed by atoms with Crippen LogP contribution in [0.5, 0.6) is 17.2 Å². The van der Waals surface area contributed by atoms with E-state index in [1.807, 2.05) is 24.3 Å². The normalized spacial score (nSPS) is 15.5. The number of aromatic nitrogens is 2. The Balaban J connectivity index is 1.34. The Morgan fingerprint density at radius 2 is 1.94 bits per heavy atom. The average molecular weight is 482 g/mol. The van der Waals surface area contributed by atoms with Gasteiger partial charge in [0.2, 0.25) is 5.91 Å². The molecule has 0 bridgehead atoms. The molecular formula is C26H31N3O6. The maximum atomic E-state index is 12.9. The van der Waals surface area contributed by atoms with Crippen LogP contribution >= 0.6 is 0 Å². The van der Waals surface area contributed by atoms with Crippen molar-refractivity contribution in [2.24, 2.45) is 0 Å². The summed E-state index contributed by atoms with van der Waals surface area (Å²) in [7, 11) is 3.05. The van der Waals surface area contributed by atoms with Crippen molar-refractivity contribution in [1.29, 1.82) is 0 Å². The predicted octanol–water partition coefficient (Wildman–Crippen LogP) is 3.78. The lowest BCUT2D eigenvalue weighted by Gasteiger charge is -2.23. The number of fused-ring (bicyclic) bond motifs is 1. The Hall–Kier alpha value is -3.59. The van der Waals surface area contributed by atoms with Gasteiger partial charge in [0.15, 0.2) is 11.5 Å². The van der Waals surface area contributed by atoms with Crippen LogP contribution in [0.4, 0.5) is 5.69 Å². The van der Waals surface area contributed by atoms with E-state index in [0.717, 1.165) is 25.9 Å². The lowest BCUT2D eigenvalue weighted by molar-refractivity contribution is -0.116. The van der Waals surface area contributed by atoms with Gasteiger partial charge in [0.1, 0.15) is 12.4 Å². The van der Waals surface area contributed by atoms with Crippen molar-refractivity contribution >= 4 is 22.5 Å². The molecule has 1 aromatic heterocycles. The Kier molecular flexibility index (Phi) is 8.20. The first kappa shape index (κ1) is 24.5. The van der Waals surface area contributed by atoms with Crippen molar-refractivity contribution in [2.45, 2.75) is 44.8 Å². The minimum absolute atomic E-state index is 0.0856. The van der Waals surface area contributed by atoms with Gasteiger partial charge < -0.3 is 24.3 Å². The smallest absolute Gasteiger partial charge is 0.261 e. The van der Waals surface area contributed by atoms with E-state index in [0.29, 0.717) is 53.4 Å². The van der Waals surface area contributed by atoms with Gasteiger partial charge in [0, 0.05) is 25.6 Å². The molecule has 1 aliphatic heterocycles. The molecule has 2 aromatic carbocycles. The molecule has 9 nitrogen and oxygen atoms in total. The molecule has 1 aliphatic rings. The second kappa shape index (κ2) is 11.7. The fourth-order valence-electron chi connectivity index (χ4n) is 4.08. The number of para-hydroxylation sites is 2. The number of rotatable bonds is 10. The van der Waals surface area contributed by atoms with Gasteiger partial charge in [-0.2, -0.15) is 0 Å². The summed E-state index contributed by atoms with van der Waals surface area (Å²) in [6, 6.07) is 10.7. The number of anilines is 1. The molecule has 4 rings (SSSR count). The minimum Gasteiger partial charge on any atom is -0.493 e. The number of aryl methyl sites for hydroxylation is 1. The number of hydrogen-bond acceptors (Lipinski definition) is 7. The number of nitrogens with zero attached hydrogens (tertiary/aromatic N) is 2. The standard InChI is InChI=1S/C26H31N3O6/c1-32-23-14-19-21(15-24(23)33-2)27-17-29(26(19)31)12-7-11-25(30)28-20-9-3-4-10-22(20)35-16-18-8-5-6-13-34-18/h3-4,9-10,14-15,17-18H,5-8,11-13,16H2,1-2H3,(H,28,30). The van der Waals surface area contributed by atoms with Crippen molar-refractivity contribution in [2.75, 3.05) is 32.8 Å². The molecule has 2 heterocycles. The van der Waals surface area contributed by atoms with Crippen molar-refractivity contribution in [3.8, 4) is 17.2 Å². The molecule has 9 heteroatoms. The lowest BCUT2D eigenvalue weighted by Crippen LogP contribution is -2.26. The summed E-state index contributed by atoms with van der Waals surface area (Å²) in [5, 5.41) is 3.35. The molecule has 0 spiro atoms. The molecule has 1 saturated heterocycles. The number of ether oxygens (including phenoxy) is 4. The van der Waals surface area contributed by atoms with E-state index in [9.17, 15) is 9.59 Å². The summed E-state index contributed by atoms with van der Waals surface area (Å²) >= 11 is 0. The highest BCUT2D eigenvalue weighted by Crippen LogP contribution is 2.30. The van der Waals surface area contributed by atoms with Gasteiger partial charge in [-0.1, -0.05) is 12.1 Å². The Morgan fingerprint density at radius 3 is 2.71 bits per heavy atom. The Morgan fingerprint density at radius 1 is 1.14 bits per heavy atom. The highest BCUT2D eigenvalue weighted by molar-refractivity contribution is 5.92. The third-order valence-electron chi connectivity index (χ3n) is 5.99. The zero-order valence-electron chi connectivity index (χ0n) is 20.1. The number of carbonyl (C=O) groups excluding carboxylic acids is 1. The first-order chi connectivity index (χ1) is 17.1. The van der Waals surface area contributed by atoms with Crippen molar-refractivity contribution in [1.82, 2.24) is 9.55 Å². The second-order valence-electron chi connectivity index (χ2n) is 8.41. The van der Waals surface area contributed by atoms with E-state index in [-0.39, 0.29) is 24.0 Å². The van der Waals surface area contributed by atoms with Gasteiger partial charge in [-0.25, -0.2) is 4.98 Å². The molecule has 1 atom stereocenters. The SMILES string of the molecule is COc1cc2ncn(CCCC(=O)Nc3ccccc3OCC3CCCCO3)c(=O)c2cc1OC. The van der Waals surface area contributed by atoms with Crippen LogP contribution in [0.3, 0.4) is 0 Å². The quantitative estimate of drug-likeness (QED) is 0.470. The third kappa shape index (κ3) is 6.10. The maximum Gasteiger partial charge on any atom is 0.261 e. The largest absolute Gasteiger partial charge is 0.493 e. The van der Waals surface area contributed by atoms with E-state index in [1.54, 1.807) is 12.1 Å². The summed E-state index contributed by atoms with van der Waals surface area (Å²) < 4.78 is 23.7. The van der Waals surface area contributed by atoms with Gasteiger partial charge in [0.05, 0.1) is 43.2 Å². The molecule has 0 radical (unpaired) electrons. The average Bonchev–Trinajstić information content (AvgIpc) is 2.89. The van der Waals surface area contributed by atoms with Crippen molar-refractivity contribution < 1.29 is 23.7 Å². The summed E-state index contributed by atoms with van der Waals surface area (Å²) in [6.07, 6.45) is 5.52. The molecular weight excluding hydrogens is 450 g/mol. The molecule has 186 valence electrons. The maximum absolute atomic E-state index is 12.9. The second-order valence-corrected chi connectivity index (χ2v) is 8.41. The minimum atomic E-state index is -0.194. The van der Waals surface area contributed by atoms with Crippen molar-refractivity contribution in [3.63, 3.8) is 0 Å². The first-order valence-electron chi connectivity index (χ1n) is 11.8. The summed E-state index contributed by atoms with van der Waals surface area (Å²) in [5.74, 6) is 1.45. The molecule has 35 heavy (non-hydrogen) atoms. The van der Waals surface area contributed by atoms with Gasteiger partial charge in [0.25, 0.3) is 5.56 Å². The van der Waals surface area contributed by atoms with Crippen LogP contribution < -0.4 is 25.1 Å². The molecule has 0 aliphatic carbocycles. The molecule has 1 N–H and O–H groups in total. The van der Waals surface area contributed by atoms with Gasteiger partial charge in [-0.3, -0.25) is 14.2 Å². The van der Waals surface area contributed by atoms with Crippen LogP contribution in [-0.2, 0) is 16.1 Å². The number of benzene rings is 2. The van der Waals surface area contributed by atoms with Gasteiger partial charge in [-0.05, 0) is 43.9 Å². The highest BCUT2D eigenvalue weighted by atomic mass is 16.5. The van der Waals surface area contributed by atoms with E-state index in [2.05, 4.69) is 10.3 Å². The van der Waals surface area contributed by atoms with Crippen LogP contribution in [0, 0.1) is 0 Å². The Bertz CT molecular complexity index is 1220. The third-order valence-corrected chi connectivity index (χ3v) is 5.99. The van der Waals surface area contributed by atoms with E-state index in [1.165, 1.54) is 25.1 Å². The van der Waals surface area contributed by atoms with Crippen molar-refractivity contribution in [3.05, 3.63) is 53.1 Å². The zero-order chi connectivity index (χ0) is 24.6. The van der Waals surface area contributed by atoms with Crippen LogP contribution in [0.15, 0.2) is 47.5 Å². The van der Waals surface area contributed by atoms with Gasteiger partial charge >= 0.3 is 0 Å². The Labute approximate surface area is 204 Å². The van der Waals surface area contributed by atoms with E-state index >= 15 is 0 Å². The van der Waals surface area contributed by atoms with E-state index < -0.39 is 0 Å². The van der Waals surface area contributed by atoms with Crippen LogP contribution in [-0.4, -0.2) is 49.0 Å². The summed E-state index contributed by atoms with van der Waals surface area (Å²) in [4.78, 5) is 29.9. The lowest BCUT2D eigenvalue weighted by atomic mass is 10.1. The number of carbonyl (C=O) groups is 1. The van der Waals surface area contributed by atoms with Crippen LogP contribution in [0.25, 0.3) is 10.9 Å². The first-order valence-corrected chi connectivity index (χ1v) is 11.8. The van der Waals surface area contributed by atoms with Crippen LogP contribution in [0.1, 0.15) is 32.1 Å². The summed E-state index contributed by atoms with van der Waals surface area (Å²) in [6.45, 7) is 1.59. The van der Waals surface area contributed by atoms with E-state index in [4.69, 9.17) is 18.9 Å². The fraction of sp³-hybridized carbons (Fsp3) is 0.423. The monoisotopic (exact) mass is 481 g/mol. The highest BCUT2D eigenvalue weighted by Gasteiger charge is 2.16. The topological polar surface area (TPSA) is 101 Å². The number of nitrogens with one attached hydrogen (secondary N) is 1. The zero-order valence-corrected chi connectivity index (χ0v) is 20.1.